The Morgan fingerprint density at radius 2 is 1.90 bits per heavy atom. The number of amides is 2. The van der Waals surface area contributed by atoms with Gasteiger partial charge in [0.25, 0.3) is 11.8 Å². The molecule has 3 aromatic rings. The highest BCUT2D eigenvalue weighted by atomic mass is 19.4. The van der Waals surface area contributed by atoms with Gasteiger partial charge in [-0.15, -0.1) is 0 Å². The van der Waals surface area contributed by atoms with Crippen molar-refractivity contribution >= 4 is 17.5 Å². The van der Waals surface area contributed by atoms with Crippen LogP contribution in [0.15, 0.2) is 42.7 Å². The Morgan fingerprint density at radius 1 is 1.16 bits per heavy atom. The van der Waals surface area contributed by atoms with Crippen molar-refractivity contribution in [3.63, 3.8) is 0 Å². The van der Waals surface area contributed by atoms with Crippen molar-refractivity contribution in [1.82, 2.24) is 19.7 Å². The molecule has 2 aromatic heterocycles. The van der Waals surface area contributed by atoms with Gasteiger partial charge in [0.15, 0.2) is 11.3 Å². The highest BCUT2D eigenvalue weighted by Gasteiger charge is 2.42. The van der Waals surface area contributed by atoms with Crippen LogP contribution >= 0.6 is 0 Å². The molecule has 0 bridgehead atoms. The smallest absolute Gasteiger partial charge is 0.364 e. The number of benzene rings is 1. The molecule has 0 saturated heterocycles. The normalized spacial score (nSPS) is 19.3. The third-order valence-corrected chi connectivity index (χ3v) is 5.51. The molecule has 10 heteroatoms. The third-order valence-electron chi connectivity index (χ3n) is 5.51. The molecular weight excluding hydrogens is 411 g/mol. The molecule has 1 aliphatic carbocycles. The first-order chi connectivity index (χ1) is 14.7. The van der Waals surface area contributed by atoms with Gasteiger partial charge in [0.1, 0.15) is 12.0 Å². The summed E-state index contributed by atoms with van der Waals surface area (Å²) in [6.45, 7) is 0. The zero-order chi connectivity index (χ0) is 22.2. The number of nitrogens with one attached hydrogen (secondary N) is 1. The molecule has 1 aromatic carbocycles. The van der Waals surface area contributed by atoms with E-state index in [4.69, 9.17) is 5.73 Å². The largest absolute Gasteiger partial charge is 0.391 e. The molecule has 3 N–H and O–H groups in total. The van der Waals surface area contributed by atoms with Gasteiger partial charge in [0, 0.05) is 11.6 Å². The van der Waals surface area contributed by atoms with Crippen LogP contribution < -0.4 is 11.1 Å². The fourth-order valence-corrected chi connectivity index (χ4v) is 3.95. The monoisotopic (exact) mass is 431 g/mol. The molecule has 31 heavy (non-hydrogen) atoms. The van der Waals surface area contributed by atoms with Crippen molar-refractivity contribution in [1.29, 1.82) is 0 Å². The second-order valence-electron chi connectivity index (χ2n) is 7.62. The molecule has 2 amide bonds. The van der Waals surface area contributed by atoms with E-state index >= 15 is 0 Å². The number of nitrogens with zero attached hydrogens (tertiary/aromatic N) is 3. The molecule has 7 nitrogen and oxygen atoms in total. The minimum Gasteiger partial charge on any atom is -0.364 e. The van der Waals surface area contributed by atoms with E-state index in [1.54, 1.807) is 24.3 Å². The fourth-order valence-electron chi connectivity index (χ4n) is 3.95. The van der Waals surface area contributed by atoms with Crippen molar-refractivity contribution < 1.29 is 22.8 Å². The standard InChI is InChI=1S/C21H20F3N5O2/c22-21(23,24)13-7-4-8-14(9-13)27-20(31)16-10-15(12-5-2-1-3-6-12)28-19-17(18(25)30)26-11-29(16)19/h1-3,5-6,10-11,13-14H,4,7-9H2,(H2,25,30)(H,27,31). The first-order valence-electron chi connectivity index (χ1n) is 9.85. The van der Waals surface area contributed by atoms with Gasteiger partial charge in [0.05, 0.1) is 11.6 Å². The predicted molar refractivity (Wildman–Crippen MR) is 106 cm³/mol. The average molecular weight is 431 g/mol. The molecule has 2 atom stereocenters. The summed E-state index contributed by atoms with van der Waals surface area (Å²) < 4.78 is 40.7. The number of rotatable bonds is 4. The SMILES string of the molecule is NC(=O)c1ncn2c(C(=O)NC3CCCC(C(F)(F)F)C3)cc(-c3ccccc3)nc12. The summed E-state index contributed by atoms with van der Waals surface area (Å²) in [7, 11) is 0. The number of halogens is 3. The highest BCUT2D eigenvalue weighted by molar-refractivity contribution is 5.99. The second-order valence-corrected chi connectivity index (χ2v) is 7.62. The average Bonchev–Trinajstić information content (AvgIpc) is 3.17. The number of alkyl halides is 3. The Balaban J connectivity index is 1.70. The number of carbonyl (C=O) groups is 2. The number of aromatic nitrogens is 3. The number of hydrogen-bond donors (Lipinski definition) is 2. The molecule has 0 aliphatic heterocycles. The minimum absolute atomic E-state index is 0.0665. The van der Waals surface area contributed by atoms with Crippen molar-refractivity contribution in [2.45, 2.75) is 37.9 Å². The van der Waals surface area contributed by atoms with E-state index in [2.05, 4.69) is 15.3 Å². The van der Waals surface area contributed by atoms with E-state index in [0.717, 1.165) is 0 Å². The van der Waals surface area contributed by atoms with E-state index < -0.39 is 30.0 Å². The van der Waals surface area contributed by atoms with Crippen molar-refractivity contribution in [2.24, 2.45) is 11.7 Å². The van der Waals surface area contributed by atoms with Crippen LogP contribution in [-0.4, -0.2) is 38.4 Å². The summed E-state index contributed by atoms with van der Waals surface area (Å²) in [6, 6.07) is 9.91. The Labute approximate surface area is 175 Å². The lowest BCUT2D eigenvalue weighted by atomic mass is 9.85. The van der Waals surface area contributed by atoms with Gasteiger partial charge in [0.2, 0.25) is 0 Å². The maximum atomic E-state index is 13.1. The van der Waals surface area contributed by atoms with Gasteiger partial charge in [-0.25, -0.2) is 9.97 Å². The van der Waals surface area contributed by atoms with E-state index in [0.29, 0.717) is 24.1 Å². The quantitative estimate of drug-likeness (QED) is 0.661. The lowest BCUT2D eigenvalue weighted by Crippen LogP contribution is -2.42. The van der Waals surface area contributed by atoms with Crippen LogP contribution in [-0.2, 0) is 0 Å². The van der Waals surface area contributed by atoms with Crippen LogP contribution in [0.4, 0.5) is 13.2 Å². The van der Waals surface area contributed by atoms with Crippen LogP contribution in [0.1, 0.15) is 46.7 Å². The zero-order valence-electron chi connectivity index (χ0n) is 16.4. The molecule has 162 valence electrons. The Kier molecular flexibility index (Phi) is 5.38. The lowest BCUT2D eigenvalue weighted by molar-refractivity contribution is -0.183. The minimum atomic E-state index is -4.28. The molecule has 0 radical (unpaired) electrons. The zero-order valence-corrected chi connectivity index (χ0v) is 16.4. The van der Waals surface area contributed by atoms with Crippen molar-refractivity contribution in [3.05, 3.63) is 54.1 Å². The van der Waals surface area contributed by atoms with Crippen LogP contribution in [0.25, 0.3) is 16.9 Å². The maximum Gasteiger partial charge on any atom is 0.391 e. The Hall–Kier alpha value is -3.43. The maximum absolute atomic E-state index is 13.1. The molecule has 1 fully saturated rings. The van der Waals surface area contributed by atoms with E-state index in [1.165, 1.54) is 16.8 Å². The summed E-state index contributed by atoms with van der Waals surface area (Å²) in [6.07, 6.45) is -2.27. The number of nitrogens with two attached hydrogens (primary N) is 1. The number of primary amides is 1. The van der Waals surface area contributed by atoms with Crippen LogP contribution in [0.3, 0.4) is 0 Å². The topological polar surface area (TPSA) is 102 Å². The van der Waals surface area contributed by atoms with Gasteiger partial charge in [-0.1, -0.05) is 36.8 Å². The number of fused-ring (bicyclic) bond motifs is 1. The number of carbonyl (C=O) groups excluding carboxylic acids is 2. The first-order valence-corrected chi connectivity index (χ1v) is 9.85. The molecule has 2 unspecified atom stereocenters. The third kappa shape index (κ3) is 4.23. The molecular formula is C21H20F3N5O2. The summed E-state index contributed by atoms with van der Waals surface area (Å²) in [5.41, 5.74) is 6.62. The number of hydrogen-bond acceptors (Lipinski definition) is 4. The van der Waals surface area contributed by atoms with E-state index in [-0.39, 0.29) is 29.9 Å². The Bertz CT molecular complexity index is 1130. The van der Waals surface area contributed by atoms with E-state index in [1.807, 2.05) is 6.07 Å². The fraction of sp³-hybridized carbons (Fsp3) is 0.333. The molecule has 1 saturated carbocycles. The van der Waals surface area contributed by atoms with Gasteiger partial charge in [-0.05, 0) is 25.3 Å². The summed E-state index contributed by atoms with van der Waals surface area (Å²) in [4.78, 5) is 33.2. The molecule has 1 aliphatic rings. The molecule has 2 heterocycles. The van der Waals surface area contributed by atoms with Crippen molar-refractivity contribution in [2.75, 3.05) is 0 Å². The van der Waals surface area contributed by atoms with Gasteiger partial charge in [-0.2, -0.15) is 13.2 Å². The second kappa shape index (κ2) is 8.01. The summed E-state index contributed by atoms with van der Waals surface area (Å²) in [5.74, 6) is -2.80. The summed E-state index contributed by atoms with van der Waals surface area (Å²) in [5, 5.41) is 2.72. The first kappa shape index (κ1) is 20.8. The van der Waals surface area contributed by atoms with Gasteiger partial charge < -0.3 is 11.1 Å². The van der Waals surface area contributed by atoms with Gasteiger partial charge in [-0.3, -0.25) is 14.0 Å². The van der Waals surface area contributed by atoms with Crippen LogP contribution in [0, 0.1) is 5.92 Å². The van der Waals surface area contributed by atoms with Crippen molar-refractivity contribution in [3.8, 4) is 11.3 Å². The van der Waals surface area contributed by atoms with Crippen LogP contribution in [0.5, 0.6) is 0 Å². The number of imidazole rings is 1. The highest BCUT2D eigenvalue weighted by Crippen LogP contribution is 2.37. The van der Waals surface area contributed by atoms with Crippen LogP contribution in [0.2, 0.25) is 0 Å². The van der Waals surface area contributed by atoms with E-state index in [9.17, 15) is 22.8 Å². The predicted octanol–water partition coefficient (Wildman–Crippen LogP) is 3.35. The Morgan fingerprint density at radius 3 is 2.58 bits per heavy atom. The van der Waals surface area contributed by atoms with Gasteiger partial charge >= 0.3 is 6.18 Å². The summed E-state index contributed by atoms with van der Waals surface area (Å²) >= 11 is 0. The molecule has 0 spiro atoms. The lowest BCUT2D eigenvalue weighted by Gasteiger charge is -2.31. The molecule has 4 rings (SSSR count).